The van der Waals surface area contributed by atoms with Crippen molar-refractivity contribution in [2.24, 2.45) is 0 Å². The van der Waals surface area contributed by atoms with Crippen molar-refractivity contribution in [3.8, 4) is 0 Å². The third kappa shape index (κ3) is 3.33. The molecule has 0 aromatic carbocycles. The van der Waals surface area contributed by atoms with E-state index in [-0.39, 0.29) is 13.2 Å². The van der Waals surface area contributed by atoms with Crippen LogP contribution in [0.5, 0.6) is 0 Å². The fraction of sp³-hybridized carbons (Fsp3) is 0.800. The lowest BCUT2D eigenvalue weighted by molar-refractivity contribution is 0.171. The molecule has 0 bridgehead atoms. The average molecular weight is 181 g/mol. The normalized spacial score (nSPS) is 12.5. The third-order valence-electron chi connectivity index (χ3n) is 0.899. The van der Waals surface area contributed by atoms with E-state index >= 15 is 0 Å². The van der Waals surface area contributed by atoms with Gasteiger partial charge in [-0.2, -0.15) is 0 Å². The van der Waals surface area contributed by atoms with Crippen molar-refractivity contribution in [1.82, 2.24) is 4.31 Å². The van der Waals surface area contributed by atoms with E-state index in [4.69, 9.17) is 5.11 Å². The van der Waals surface area contributed by atoms with Gasteiger partial charge in [0, 0.05) is 6.54 Å². The van der Waals surface area contributed by atoms with Gasteiger partial charge in [0.05, 0.1) is 6.61 Å². The van der Waals surface area contributed by atoms with Gasteiger partial charge >= 0.3 is 6.09 Å². The van der Waals surface area contributed by atoms with Crippen LogP contribution in [0.3, 0.4) is 0 Å². The van der Waals surface area contributed by atoms with Gasteiger partial charge in [-0.25, -0.2) is 13.3 Å². The molecule has 1 atom stereocenters. The summed E-state index contributed by atoms with van der Waals surface area (Å²) in [6.45, 7) is 3.62. The molecule has 1 amide bonds. The van der Waals surface area contributed by atoms with Crippen molar-refractivity contribution in [2.75, 3.05) is 13.2 Å². The highest BCUT2D eigenvalue weighted by Gasteiger charge is 2.16. The molecular weight excluding hydrogens is 170 g/mol. The van der Waals surface area contributed by atoms with E-state index < -0.39 is 17.4 Å². The van der Waals surface area contributed by atoms with Crippen molar-refractivity contribution < 1.29 is 18.3 Å². The second-order valence-corrected chi connectivity index (χ2v) is 2.71. The van der Waals surface area contributed by atoms with Crippen LogP contribution < -0.4 is 0 Å². The van der Waals surface area contributed by atoms with Crippen LogP contribution in [0.25, 0.3) is 0 Å². The maximum absolute atomic E-state index is 10.8. The second-order valence-electron chi connectivity index (χ2n) is 1.60. The van der Waals surface area contributed by atoms with Crippen molar-refractivity contribution >= 4 is 17.4 Å². The van der Waals surface area contributed by atoms with Crippen LogP contribution in [-0.4, -0.2) is 32.9 Å². The molecule has 0 aromatic heterocycles. The van der Waals surface area contributed by atoms with Crippen LogP contribution in [0.1, 0.15) is 13.8 Å². The first kappa shape index (κ1) is 10.4. The number of nitrogens with zero attached hydrogens (tertiary/aromatic N) is 1. The minimum absolute atomic E-state index is 0.155. The van der Waals surface area contributed by atoms with Gasteiger partial charge in [0.15, 0.2) is 0 Å². The molecule has 0 heterocycles. The monoisotopic (exact) mass is 181 g/mol. The zero-order valence-electron chi connectivity index (χ0n) is 6.44. The summed E-state index contributed by atoms with van der Waals surface area (Å²) in [7, 11) is 0. The Balaban J connectivity index is 4.03. The standard InChI is InChI=1S/C5H11NO4S/c1-3-6(5(7)8)11(9)10-4-2/h3-4H2,1-2H3,(H,7,8). The van der Waals surface area contributed by atoms with Crippen LogP contribution in [0.15, 0.2) is 0 Å². The molecule has 0 fully saturated rings. The highest BCUT2D eigenvalue weighted by Crippen LogP contribution is 1.96. The van der Waals surface area contributed by atoms with Gasteiger partial charge in [-0.15, -0.1) is 0 Å². The summed E-state index contributed by atoms with van der Waals surface area (Å²) >= 11 is -1.85. The van der Waals surface area contributed by atoms with Crippen LogP contribution in [0.2, 0.25) is 0 Å². The maximum Gasteiger partial charge on any atom is 0.421 e. The highest BCUT2D eigenvalue weighted by molar-refractivity contribution is 7.78. The molecule has 1 N–H and O–H groups in total. The van der Waals surface area contributed by atoms with E-state index in [2.05, 4.69) is 4.18 Å². The lowest BCUT2D eigenvalue weighted by atomic mass is 10.8. The molecule has 0 saturated heterocycles. The van der Waals surface area contributed by atoms with Gasteiger partial charge in [-0.05, 0) is 13.8 Å². The van der Waals surface area contributed by atoms with E-state index in [1.165, 1.54) is 0 Å². The largest absolute Gasteiger partial charge is 0.464 e. The average Bonchev–Trinajstić information content (AvgIpc) is 1.88. The molecule has 0 saturated carbocycles. The van der Waals surface area contributed by atoms with Crippen LogP contribution in [0, 0.1) is 0 Å². The minimum atomic E-state index is -1.85. The van der Waals surface area contributed by atoms with E-state index in [1.807, 2.05) is 0 Å². The summed E-state index contributed by atoms with van der Waals surface area (Å²) in [5.41, 5.74) is 0. The quantitative estimate of drug-likeness (QED) is 0.689. The Morgan fingerprint density at radius 3 is 2.45 bits per heavy atom. The molecule has 0 radical (unpaired) electrons. The van der Waals surface area contributed by atoms with Gasteiger partial charge < -0.3 is 5.11 Å². The van der Waals surface area contributed by atoms with E-state index in [0.717, 1.165) is 0 Å². The van der Waals surface area contributed by atoms with E-state index in [1.54, 1.807) is 13.8 Å². The molecule has 1 unspecified atom stereocenters. The predicted octanol–water partition coefficient (Wildman–Crippen LogP) is 0.602. The zero-order valence-corrected chi connectivity index (χ0v) is 7.26. The molecular formula is C5H11NO4S. The van der Waals surface area contributed by atoms with Crippen molar-refractivity contribution in [3.63, 3.8) is 0 Å². The molecule has 0 spiro atoms. The summed E-state index contributed by atoms with van der Waals surface area (Å²) in [5, 5.41) is 8.42. The van der Waals surface area contributed by atoms with Gasteiger partial charge in [0.1, 0.15) is 0 Å². The molecule has 0 aliphatic rings. The lowest BCUT2D eigenvalue weighted by Gasteiger charge is -2.13. The first-order chi connectivity index (χ1) is 5.13. The second kappa shape index (κ2) is 5.09. The smallest absolute Gasteiger partial charge is 0.421 e. The summed E-state index contributed by atoms with van der Waals surface area (Å²) in [4.78, 5) is 10.3. The molecule has 6 heteroatoms. The Kier molecular flexibility index (Phi) is 4.80. The fourth-order valence-corrected chi connectivity index (χ4v) is 1.14. The van der Waals surface area contributed by atoms with Crippen molar-refractivity contribution in [1.29, 1.82) is 0 Å². The van der Waals surface area contributed by atoms with E-state index in [0.29, 0.717) is 4.31 Å². The Morgan fingerprint density at radius 2 is 2.18 bits per heavy atom. The van der Waals surface area contributed by atoms with Crippen LogP contribution in [0.4, 0.5) is 4.79 Å². The molecule has 11 heavy (non-hydrogen) atoms. The molecule has 0 aliphatic carbocycles. The Hall–Kier alpha value is -0.620. The Bertz CT molecular complexity index is 161. The Labute approximate surface area is 67.7 Å². The molecule has 66 valence electrons. The topological polar surface area (TPSA) is 66.8 Å². The first-order valence-corrected chi connectivity index (χ1v) is 4.22. The first-order valence-electron chi connectivity index (χ1n) is 3.19. The number of hydrogen-bond acceptors (Lipinski definition) is 3. The van der Waals surface area contributed by atoms with Crippen molar-refractivity contribution in [2.45, 2.75) is 13.8 Å². The van der Waals surface area contributed by atoms with Crippen LogP contribution >= 0.6 is 0 Å². The van der Waals surface area contributed by atoms with Crippen LogP contribution in [-0.2, 0) is 15.4 Å². The molecule has 0 aliphatic heterocycles. The molecule has 5 nitrogen and oxygen atoms in total. The zero-order chi connectivity index (χ0) is 8.85. The molecule has 0 aromatic rings. The highest BCUT2D eigenvalue weighted by atomic mass is 32.2. The number of rotatable bonds is 4. The Morgan fingerprint density at radius 1 is 1.64 bits per heavy atom. The maximum atomic E-state index is 10.8. The minimum Gasteiger partial charge on any atom is -0.464 e. The van der Waals surface area contributed by atoms with Crippen molar-refractivity contribution in [3.05, 3.63) is 0 Å². The molecule has 0 rings (SSSR count). The third-order valence-corrected chi connectivity index (χ3v) is 2.11. The fourth-order valence-electron chi connectivity index (χ4n) is 0.469. The summed E-state index contributed by atoms with van der Waals surface area (Å²) < 4.78 is 16.1. The van der Waals surface area contributed by atoms with Gasteiger partial charge in [-0.1, -0.05) is 0 Å². The summed E-state index contributed by atoms with van der Waals surface area (Å²) in [5.74, 6) is 0. The summed E-state index contributed by atoms with van der Waals surface area (Å²) in [6, 6.07) is 0. The predicted molar refractivity (Wildman–Crippen MR) is 40.2 cm³/mol. The SMILES string of the molecule is CCOS(=O)N(CC)C(=O)O. The van der Waals surface area contributed by atoms with E-state index in [9.17, 15) is 9.00 Å². The number of carbonyl (C=O) groups is 1. The number of carboxylic acid groups (broad SMARTS) is 1. The lowest BCUT2D eigenvalue weighted by Crippen LogP contribution is -2.32. The van der Waals surface area contributed by atoms with Gasteiger partial charge in [-0.3, -0.25) is 4.18 Å². The van der Waals surface area contributed by atoms with Gasteiger partial charge in [0.2, 0.25) is 0 Å². The van der Waals surface area contributed by atoms with Gasteiger partial charge in [0.25, 0.3) is 11.3 Å². The number of hydrogen-bond donors (Lipinski definition) is 1. The summed E-state index contributed by atoms with van der Waals surface area (Å²) in [6.07, 6.45) is -1.24. The number of amides is 1.